The van der Waals surface area contributed by atoms with Gasteiger partial charge in [0.15, 0.2) is 0 Å². The van der Waals surface area contributed by atoms with E-state index in [9.17, 15) is 9.90 Å². The van der Waals surface area contributed by atoms with E-state index < -0.39 is 0 Å². The van der Waals surface area contributed by atoms with Crippen LogP contribution in [0.5, 0.6) is 0 Å². The number of hydrogen-bond donors (Lipinski definition) is 1. The molecule has 1 aliphatic rings. The lowest BCUT2D eigenvalue weighted by atomic mass is 9.90. The molecule has 1 N–H and O–H groups in total. The maximum absolute atomic E-state index is 10.4. The van der Waals surface area contributed by atoms with E-state index in [-0.39, 0.29) is 12.0 Å². The van der Waals surface area contributed by atoms with Gasteiger partial charge in [-0.3, -0.25) is 0 Å². The minimum absolute atomic E-state index is 0.0134. The first-order chi connectivity index (χ1) is 7.32. The number of carbonyl (C=O) groups excluding carboxylic acids is 1. The van der Waals surface area contributed by atoms with Crippen molar-refractivity contribution in [1.82, 2.24) is 0 Å². The number of aryl methyl sites for hydroxylation is 1. The Labute approximate surface area is 89.9 Å². The summed E-state index contributed by atoms with van der Waals surface area (Å²) in [6.45, 7) is 0.227. The van der Waals surface area contributed by atoms with Gasteiger partial charge in [-0.1, -0.05) is 24.3 Å². The fourth-order valence-electron chi connectivity index (χ4n) is 2.13. The molecule has 1 aliphatic carbocycles. The average Bonchev–Trinajstić information content (AvgIpc) is 3.08. The van der Waals surface area contributed by atoms with E-state index in [1.165, 1.54) is 11.1 Å². The molecule has 0 aromatic heterocycles. The highest BCUT2D eigenvalue weighted by molar-refractivity contribution is 5.51. The number of carbonyl (C=O) groups is 1. The summed E-state index contributed by atoms with van der Waals surface area (Å²) in [6, 6.07) is 8.16. The predicted molar refractivity (Wildman–Crippen MR) is 58.8 cm³/mol. The molecule has 1 aromatic carbocycles. The lowest BCUT2D eigenvalue weighted by Crippen LogP contribution is -2.14. The first-order valence-electron chi connectivity index (χ1n) is 5.45. The molecule has 2 nitrogen and oxygen atoms in total. The Balaban J connectivity index is 2.25. The summed E-state index contributed by atoms with van der Waals surface area (Å²) in [5.41, 5.74) is 2.48. The number of benzene rings is 1. The summed E-state index contributed by atoms with van der Waals surface area (Å²) in [5, 5.41) is 9.39. The van der Waals surface area contributed by atoms with Crippen molar-refractivity contribution in [2.75, 3.05) is 6.61 Å². The van der Waals surface area contributed by atoms with Gasteiger partial charge in [0.05, 0.1) is 6.61 Å². The van der Waals surface area contributed by atoms with Gasteiger partial charge in [-0.05, 0) is 30.4 Å². The van der Waals surface area contributed by atoms with Crippen LogP contribution in [0.3, 0.4) is 0 Å². The Bertz CT molecular complexity index is 353. The van der Waals surface area contributed by atoms with Crippen molar-refractivity contribution in [3.05, 3.63) is 35.4 Å². The summed E-state index contributed by atoms with van der Waals surface area (Å²) in [4.78, 5) is 10.4. The molecule has 1 fully saturated rings. The molecule has 0 radical (unpaired) electrons. The van der Waals surface area contributed by atoms with Gasteiger partial charge in [0.1, 0.15) is 6.29 Å². The average molecular weight is 204 g/mol. The molecule has 0 aliphatic heterocycles. The SMILES string of the molecule is O=CCCc1ccccc1C1(CO)CC1. The Hall–Kier alpha value is -1.15. The number of aldehydes is 1. The zero-order valence-electron chi connectivity index (χ0n) is 8.78. The van der Waals surface area contributed by atoms with Crippen LogP contribution in [0.2, 0.25) is 0 Å². The lowest BCUT2D eigenvalue weighted by Gasteiger charge is -2.16. The zero-order chi connectivity index (χ0) is 10.7. The molecular formula is C13H16O2. The van der Waals surface area contributed by atoms with Crippen molar-refractivity contribution in [3.63, 3.8) is 0 Å². The normalized spacial score (nSPS) is 17.4. The van der Waals surface area contributed by atoms with Gasteiger partial charge in [0.25, 0.3) is 0 Å². The second kappa shape index (κ2) is 4.15. The van der Waals surface area contributed by atoms with E-state index in [1.807, 2.05) is 12.1 Å². The van der Waals surface area contributed by atoms with Gasteiger partial charge < -0.3 is 9.90 Å². The van der Waals surface area contributed by atoms with Crippen LogP contribution in [-0.2, 0) is 16.6 Å². The minimum atomic E-state index is 0.0134. The molecule has 0 spiro atoms. The highest BCUT2D eigenvalue weighted by Crippen LogP contribution is 2.48. The van der Waals surface area contributed by atoms with Crippen molar-refractivity contribution in [3.8, 4) is 0 Å². The monoisotopic (exact) mass is 204 g/mol. The molecule has 1 aromatic rings. The standard InChI is InChI=1S/C13H16O2/c14-9-3-5-11-4-1-2-6-12(11)13(10-15)7-8-13/h1-2,4,6,9,15H,3,5,7-8,10H2. The number of aliphatic hydroxyl groups excluding tert-OH is 1. The van der Waals surface area contributed by atoms with Crippen LogP contribution in [-0.4, -0.2) is 18.0 Å². The molecule has 0 bridgehead atoms. The molecule has 80 valence electrons. The molecule has 0 amide bonds. The first-order valence-corrected chi connectivity index (χ1v) is 5.45. The third-order valence-electron chi connectivity index (χ3n) is 3.28. The maximum atomic E-state index is 10.4. The van der Waals surface area contributed by atoms with Gasteiger partial charge in [-0.2, -0.15) is 0 Å². The quantitative estimate of drug-likeness (QED) is 0.743. The lowest BCUT2D eigenvalue weighted by molar-refractivity contribution is -0.107. The van der Waals surface area contributed by atoms with E-state index in [0.29, 0.717) is 6.42 Å². The Morgan fingerprint density at radius 3 is 2.67 bits per heavy atom. The maximum Gasteiger partial charge on any atom is 0.120 e. The molecular weight excluding hydrogens is 188 g/mol. The van der Waals surface area contributed by atoms with Gasteiger partial charge in [-0.15, -0.1) is 0 Å². The molecule has 2 heteroatoms. The first kappa shape index (κ1) is 10.4. The highest BCUT2D eigenvalue weighted by Gasteiger charge is 2.44. The Kier molecular flexibility index (Phi) is 2.87. The molecule has 2 rings (SSSR count). The number of aliphatic hydroxyl groups is 1. The van der Waals surface area contributed by atoms with Crippen molar-refractivity contribution in [2.24, 2.45) is 0 Å². The summed E-state index contributed by atoms with van der Waals surface area (Å²) in [6.07, 6.45) is 4.46. The molecule has 0 unspecified atom stereocenters. The van der Waals surface area contributed by atoms with Crippen molar-refractivity contribution < 1.29 is 9.90 Å². The van der Waals surface area contributed by atoms with Crippen LogP contribution in [0.25, 0.3) is 0 Å². The van der Waals surface area contributed by atoms with Gasteiger partial charge in [0, 0.05) is 11.8 Å². The van der Waals surface area contributed by atoms with E-state index in [4.69, 9.17) is 0 Å². The number of hydrogen-bond acceptors (Lipinski definition) is 2. The topological polar surface area (TPSA) is 37.3 Å². The molecule has 0 saturated heterocycles. The van der Waals surface area contributed by atoms with E-state index in [2.05, 4.69) is 12.1 Å². The summed E-state index contributed by atoms with van der Waals surface area (Å²) >= 11 is 0. The second-order valence-electron chi connectivity index (χ2n) is 4.30. The minimum Gasteiger partial charge on any atom is -0.395 e. The van der Waals surface area contributed by atoms with E-state index in [0.717, 1.165) is 25.5 Å². The Morgan fingerprint density at radius 2 is 2.07 bits per heavy atom. The largest absolute Gasteiger partial charge is 0.395 e. The Morgan fingerprint density at radius 1 is 1.33 bits per heavy atom. The summed E-state index contributed by atoms with van der Waals surface area (Å²) in [5.74, 6) is 0. The second-order valence-corrected chi connectivity index (χ2v) is 4.30. The third kappa shape index (κ3) is 1.95. The fourth-order valence-corrected chi connectivity index (χ4v) is 2.13. The van der Waals surface area contributed by atoms with Gasteiger partial charge in [-0.25, -0.2) is 0 Å². The van der Waals surface area contributed by atoms with E-state index in [1.54, 1.807) is 0 Å². The van der Waals surface area contributed by atoms with Crippen LogP contribution in [0.1, 0.15) is 30.4 Å². The van der Waals surface area contributed by atoms with Crippen LogP contribution >= 0.6 is 0 Å². The molecule has 1 saturated carbocycles. The van der Waals surface area contributed by atoms with Crippen LogP contribution in [0, 0.1) is 0 Å². The molecule has 0 heterocycles. The smallest absolute Gasteiger partial charge is 0.120 e. The van der Waals surface area contributed by atoms with Crippen molar-refractivity contribution in [2.45, 2.75) is 31.1 Å². The van der Waals surface area contributed by atoms with E-state index >= 15 is 0 Å². The number of rotatable bonds is 5. The molecule has 15 heavy (non-hydrogen) atoms. The highest BCUT2D eigenvalue weighted by atomic mass is 16.3. The van der Waals surface area contributed by atoms with Crippen molar-refractivity contribution >= 4 is 6.29 Å². The third-order valence-corrected chi connectivity index (χ3v) is 3.28. The van der Waals surface area contributed by atoms with Crippen LogP contribution < -0.4 is 0 Å². The van der Waals surface area contributed by atoms with Crippen LogP contribution in [0.15, 0.2) is 24.3 Å². The fraction of sp³-hybridized carbons (Fsp3) is 0.462. The van der Waals surface area contributed by atoms with Gasteiger partial charge in [0.2, 0.25) is 0 Å². The predicted octanol–water partition coefficient (Wildman–Crippen LogP) is 1.84. The van der Waals surface area contributed by atoms with Crippen LogP contribution in [0.4, 0.5) is 0 Å². The summed E-state index contributed by atoms with van der Waals surface area (Å²) < 4.78 is 0. The van der Waals surface area contributed by atoms with Crippen molar-refractivity contribution in [1.29, 1.82) is 0 Å². The zero-order valence-corrected chi connectivity index (χ0v) is 8.78. The van der Waals surface area contributed by atoms with Gasteiger partial charge >= 0.3 is 0 Å². The molecule has 0 atom stereocenters. The summed E-state index contributed by atoms with van der Waals surface area (Å²) in [7, 11) is 0.